The van der Waals surface area contributed by atoms with Crippen molar-refractivity contribution in [2.24, 2.45) is 0 Å². The molecule has 0 unspecified atom stereocenters. The van der Waals surface area contributed by atoms with Gasteiger partial charge in [-0.2, -0.15) is 0 Å². The van der Waals surface area contributed by atoms with Crippen LogP contribution in [0.1, 0.15) is 27.4 Å². The van der Waals surface area contributed by atoms with Gasteiger partial charge < -0.3 is 5.32 Å². The van der Waals surface area contributed by atoms with E-state index >= 15 is 0 Å². The van der Waals surface area contributed by atoms with Crippen LogP contribution in [0.3, 0.4) is 0 Å². The first-order valence-corrected chi connectivity index (χ1v) is 10.9. The first-order chi connectivity index (χ1) is 13.9. The van der Waals surface area contributed by atoms with Gasteiger partial charge in [-0.1, -0.05) is 72.3 Å². The third-order valence-corrected chi connectivity index (χ3v) is 6.37. The van der Waals surface area contributed by atoms with Crippen molar-refractivity contribution in [3.8, 4) is 0 Å². The molecular formula is C22H21ClN2O3S. The maximum atomic E-state index is 12.8. The molecule has 1 amide bonds. The van der Waals surface area contributed by atoms with Crippen LogP contribution in [-0.4, -0.2) is 27.9 Å². The van der Waals surface area contributed by atoms with Crippen LogP contribution in [0.25, 0.3) is 0 Å². The van der Waals surface area contributed by atoms with Crippen molar-refractivity contribution in [3.05, 3.63) is 101 Å². The molecule has 0 aliphatic carbocycles. The Labute approximate surface area is 175 Å². The van der Waals surface area contributed by atoms with E-state index in [1.807, 2.05) is 60.7 Å². The maximum Gasteiger partial charge on any atom is 0.252 e. The van der Waals surface area contributed by atoms with Crippen LogP contribution in [0.2, 0.25) is 5.02 Å². The lowest BCUT2D eigenvalue weighted by molar-refractivity contribution is 0.0952. The zero-order chi connectivity index (χ0) is 20.9. The summed E-state index contributed by atoms with van der Waals surface area (Å²) in [5.74, 6) is -0.482. The lowest BCUT2D eigenvalue weighted by Gasteiger charge is -2.19. The fourth-order valence-electron chi connectivity index (χ4n) is 3.05. The van der Waals surface area contributed by atoms with Crippen molar-refractivity contribution in [2.75, 3.05) is 13.6 Å². The molecule has 0 saturated carbocycles. The van der Waals surface area contributed by atoms with Crippen LogP contribution in [0, 0.1) is 0 Å². The smallest absolute Gasteiger partial charge is 0.252 e. The molecule has 3 rings (SSSR count). The van der Waals surface area contributed by atoms with Gasteiger partial charge in [0.2, 0.25) is 10.0 Å². The summed E-state index contributed by atoms with van der Waals surface area (Å²) in [7, 11) is -2.36. The van der Waals surface area contributed by atoms with Gasteiger partial charge in [0.25, 0.3) is 5.91 Å². The van der Waals surface area contributed by atoms with Gasteiger partial charge in [-0.15, -0.1) is 0 Å². The minimum Gasteiger partial charge on any atom is -0.351 e. The van der Waals surface area contributed by atoms with E-state index in [-0.39, 0.29) is 21.4 Å². The molecular weight excluding hydrogens is 408 g/mol. The second kappa shape index (κ2) is 9.22. The molecule has 0 aliphatic rings. The van der Waals surface area contributed by atoms with E-state index in [4.69, 9.17) is 11.6 Å². The summed E-state index contributed by atoms with van der Waals surface area (Å²) < 4.78 is 26.3. The third-order valence-electron chi connectivity index (χ3n) is 4.63. The number of hydrogen-bond acceptors (Lipinski definition) is 3. The summed E-state index contributed by atoms with van der Waals surface area (Å²) in [4.78, 5) is 12.8. The van der Waals surface area contributed by atoms with Crippen molar-refractivity contribution in [3.63, 3.8) is 0 Å². The number of sulfonamides is 1. The van der Waals surface area contributed by atoms with Gasteiger partial charge in [-0.3, -0.25) is 4.79 Å². The van der Waals surface area contributed by atoms with Crippen LogP contribution in [0.4, 0.5) is 0 Å². The van der Waals surface area contributed by atoms with E-state index in [1.54, 1.807) is 0 Å². The Bertz CT molecular complexity index is 1050. The van der Waals surface area contributed by atoms with Gasteiger partial charge in [0.05, 0.1) is 15.5 Å². The highest BCUT2D eigenvalue weighted by Gasteiger charge is 2.19. The van der Waals surface area contributed by atoms with Gasteiger partial charge in [0.15, 0.2) is 0 Å². The number of amides is 1. The van der Waals surface area contributed by atoms with Crippen LogP contribution in [0.5, 0.6) is 0 Å². The molecule has 29 heavy (non-hydrogen) atoms. The van der Waals surface area contributed by atoms with E-state index < -0.39 is 15.9 Å². The molecule has 2 N–H and O–H groups in total. The molecule has 0 saturated heterocycles. The Kier molecular flexibility index (Phi) is 6.69. The Morgan fingerprint density at radius 1 is 0.931 bits per heavy atom. The summed E-state index contributed by atoms with van der Waals surface area (Å²) >= 11 is 6.16. The SMILES string of the molecule is CNS(=O)(=O)c1ccc(Cl)c(C(=O)NCC(c2ccccc2)c2ccccc2)c1. The Morgan fingerprint density at radius 3 is 2.00 bits per heavy atom. The Balaban J connectivity index is 1.85. The molecule has 7 heteroatoms. The molecule has 3 aromatic carbocycles. The summed E-state index contributed by atoms with van der Waals surface area (Å²) in [5, 5.41) is 3.08. The maximum absolute atomic E-state index is 12.8. The monoisotopic (exact) mass is 428 g/mol. The van der Waals surface area contributed by atoms with Crippen LogP contribution >= 0.6 is 11.6 Å². The minimum atomic E-state index is -3.68. The van der Waals surface area contributed by atoms with Crippen LogP contribution < -0.4 is 10.0 Å². The minimum absolute atomic E-state index is 0.0165. The first-order valence-electron chi connectivity index (χ1n) is 9.03. The van der Waals surface area contributed by atoms with Crippen LogP contribution in [0.15, 0.2) is 83.8 Å². The molecule has 5 nitrogen and oxygen atoms in total. The second-order valence-corrected chi connectivity index (χ2v) is 8.73. The van der Waals surface area contributed by atoms with Gasteiger partial charge in [0.1, 0.15) is 0 Å². The topological polar surface area (TPSA) is 75.3 Å². The number of hydrogen-bond donors (Lipinski definition) is 2. The summed E-state index contributed by atoms with van der Waals surface area (Å²) in [6.07, 6.45) is 0. The standard InChI is InChI=1S/C22H21ClN2O3S/c1-24-29(27,28)18-12-13-21(23)19(14-18)22(26)25-15-20(16-8-4-2-5-9-16)17-10-6-3-7-11-17/h2-14,20,24H,15H2,1H3,(H,25,26). The van der Waals surface area contributed by atoms with Crippen molar-refractivity contribution in [1.29, 1.82) is 0 Å². The molecule has 0 heterocycles. The fourth-order valence-corrected chi connectivity index (χ4v) is 4.01. The molecule has 0 radical (unpaired) electrons. The fraction of sp³-hybridized carbons (Fsp3) is 0.136. The number of nitrogens with one attached hydrogen (secondary N) is 2. The Morgan fingerprint density at radius 2 is 1.48 bits per heavy atom. The first kappa shape index (κ1) is 21.0. The predicted octanol–water partition coefficient (Wildman–Crippen LogP) is 3.81. The number of benzene rings is 3. The summed E-state index contributed by atoms with van der Waals surface area (Å²) in [6, 6.07) is 23.8. The highest BCUT2D eigenvalue weighted by molar-refractivity contribution is 7.89. The van der Waals surface area contributed by atoms with Gasteiger partial charge >= 0.3 is 0 Å². The quantitative estimate of drug-likeness (QED) is 0.600. The van der Waals surface area contributed by atoms with E-state index in [9.17, 15) is 13.2 Å². The van der Waals surface area contributed by atoms with Gasteiger partial charge in [-0.05, 0) is 36.4 Å². The van der Waals surface area contributed by atoms with E-state index in [1.165, 1.54) is 25.2 Å². The summed E-state index contributed by atoms with van der Waals surface area (Å²) in [6.45, 7) is 0.339. The van der Waals surface area contributed by atoms with Crippen LogP contribution in [-0.2, 0) is 10.0 Å². The van der Waals surface area contributed by atoms with E-state index in [0.29, 0.717) is 6.54 Å². The molecule has 0 bridgehead atoms. The van der Waals surface area contributed by atoms with Gasteiger partial charge in [0, 0.05) is 12.5 Å². The van der Waals surface area contributed by atoms with E-state index in [0.717, 1.165) is 11.1 Å². The normalized spacial score (nSPS) is 11.4. The average Bonchev–Trinajstić information content (AvgIpc) is 2.75. The molecule has 0 fully saturated rings. The molecule has 0 spiro atoms. The molecule has 0 atom stereocenters. The number of carbonyl (C=O) groups is 1. The molecule has 3 aromatic rings. The summed E-state index contributed by atoms with van der Waals surface area (Å²) in [5.41, 5.74) is 2.25. The lowest BCUT2D eigenvalue weighted by Crippen LogP contribution is -2.29. The highest BCUT2D eigenvalue weighted by Crippen LogP contribution is 2.25. The number of carbonyl (C=O) groups excluding carboxylic acids is 1. The Hall–Kier alpha value is -2.67. The predicted molar refractivity (Wildman–Crippen MR) is 115 cm³/mol. The number of rotatable bonds is 7. The van der Waals surface area contributed by atoms with Crippen molar-refractivity contribution < 1.29 is 13.2 Å². The number of halogens is 1. The molecule has 0 aliphatic heterocycles. The molecule has 0 aromatic heterocycles. The van der Waals surface area contributed by atoms with Gasteiger partial charge in [-0.25, -0.2) is 13.1 Å². The van der Waals surface area contributed by atoms with Crippen molar-refractivity contribution in [2.45, 2.75) is 10.8 Å². The zero-order valence-electron chi connectivity index (χ0n) is 15.8. The molecule has 150 valence electrons. The zero-order valence-corrected chi connectivity index (χ0v) is 17.4. The van der Waals surface area contributed by atoms with E-state index in [2.05, 4.69) is 10.0 Å². The third kappa shape index (κ3) is 5.03. The highest BCUT2D eigenvalue weighted by atomic mass is 35.5. The average molecular weight is 429 g/mol. The lowest BCUT2D eigenvalue weighted by atomic mass is 9.91. The second-order valence-electron chi connectivity index (χ2n) is 6.43. The van der Waals surface area contributed by atoms with Crippen molar-refractivity contribution >= 4 is 27.5 Å². The largest absolute Gasteiger partial charge is 0.351 e. The van der Waals surface area contributed by atoms with Crippen molar-refractivity contribution in [1.82, 2.24) is 10.0 Å².